The van der Waals surface area contributed by atoms with E-state index in [-0.39, 0.29) is 34.1 Å². The molecule has 10 atom stereocenters. The lowest BCUT2D eigenvalue weighted by Crippen LogP contribution is -2.37. The van der Waals surface area contributed by atoms with Gasteiger partial charge in [0.15, 0.2) is 35.1 Å². The summed E-state index contributed by atoms with van der Waals surface area (Å²) in [6, 6.07) is 0. The van der Waals surface area contributed by atoms with E-state index >= 15 is 0 Å². The summed E-state index contributed by atoms with van der Waals surface area (Å²) < 4.78 is 67.7. The van der Waals surface area contributed by atoms with Crippen molar-refractivity contribution in [1.82, 2.24) is 39.0 Å². The van der Waals surface area contributed by atoms with Crippen molar-refractivity contribution in [3.63, 3.8) is 0 Å². The molecule has 7 rings (SSSR count). The molecule has 23 nitrogen and oxygen atoms in total. The standard InChI is InChI=1S/C21H26N10O13P2/c1-38-13-8-3-40-45(34,35)43-12-7(41-19(11(12)32)30-5-26-9-15(22)24-4-25-16(9)30)2-39-46(36,37)44-14(13)20(42-8)31-6-27-10-17(31)28-21(23)29-18(10)33/h4-8,11-14,19-20,32H,2-3H2,1H3,(H,34,35)(H,36,37)(H2,22,24,25)(H3,23,28,29,33)/t7-,8-,11?,12+,13?,14+,19-,20-/m1/s1. The van der Waals surface area contributed by atoms with Crippen LogP contribution in [0, 0.1) is 0 Å². The van der Waals surface area contributed by atoms with Gasteiger partial charge in [0.05, 0.1) is 25.9 Å². The summed E-state index contributed by atoms with van der Waals surface area (Å²) >= 11 is 0. The number of hydrogen-bond donors (Lipinski definition) is 6. The lowest BCUT2D eigenvalue weighted by Gasteiger charge is -2.26. The number of aliphatic hydroxyl groups excluding tert-OH is 1. The van der Waals surface area contributed by atoms with Crippen molar-refractivity contribution in [1.29, 1.82) is 0 Å². The number of H-pyrrole nitrogens is 1. The molecule has 0 saturated carbocycles. The predicted molar refractivity (Wildman–Crippen MR) is 148 cm³/mol. The number of hydrogen-bond acceptors (Lipinski definition) is 18. The number of nitrogen functional groups attached to an aromatic ring is 2. The average Bonchev–Trinajstić information content (AvgIpc) is 3.75. The van der Waals surface area contributed by atoms with Crippen LogP contribution < -0.4 is 17.0 Å². The van der Waals surface area contributed by atoms with Crippen molar-refractivity contribution in [2.75, 3.05) is 31.8 Å². The topological polar surface area (TPSA) is 319 Å². The summed E-state index contributed by atoms with van der Waals surface area (Å²) in [4.78, 5) is 56.3. The number of ether oxygens (including phenoxy) is 3. The highest BCUT2D eigenvalue weighted by molar-refractivity contribution is 7.47. The van der Waals surface area contributed by atoms with Gasteiger partial charge in [-0.1, -0.05) is 0 Å². The Hall–Kier alpha value is -3.44. The van der Waals surface area contributed by atoms with Gasteiger partial charge < -0.3 is 40.6 Å². The fourth-order valence-corrected chi connectivity index (χ4v) is 7.46. The largest absolute Gasteiger partial charge is 0.472 e. The van der Waals surface area contributed by atoms with E-state index in [9.17, 15) is 28.8 Å². The molecule has 8 N–H and O–H groups in total. The quantitative estimate of drug-likeness (QED) is 0.131. The molecule has 4 unspecified atom stereocenters. The maximum absolute atomic E-state index is 13.4. The summed E-state index contributed by atoms with van der Waals surface area (Å²) in [5, 5.41) is 11.2. The van der Waals surface area contributed by atoms with Crippen LogP contribution >= 0.6 is 15.6 Å². The number of phosphoric acid groups is 2. The lowest BCUT2D eigenvalue weighted by molar-refractivity contribution is -0.0673. The molecule has 25 heteroatoms. The molecule has 248 valence electrons. The molecular weight excluding hydrogens is 662 g/mol. The summed E-state index contributed by atoms with van der Waals surface area (Å²) in [6.07, 6.45) is -7.85. The zero-order valence-electron chi connectivity index (χ0n) is 23.4. The minimum atomic E-state index is -5.05. The van der Waals surface area contributed by atoms with Crippen LogP contribution in [-0.2, 0) is 41.4 Å². The molecule has 7 heterocycles. The van der Waals surface area contributed by atoms with Gasteiger partial charge in [0.1, 0.15) is 48.5 Å². The van der Waals surface area contributed by atoms with E-state index in [1.807, 2.05) is 0 Å². The van der Waals surface area contributed by atoms with E-state index in [2.05, 4.69) is 29.9 Å². The minimum absolute atomic E-state index is 0.0456. The van der Waals surface area contributed by atoms with Gasteiger partial charge in [0.25, 0.3) is 5.56 Å². The third kappa shape index (κ3) is 5.39. The molecule has 46 heavy (non-hydrogen) atoms. The molecule has 3 aliphatic heterocycles. The van der Waals surface area contributed by atoms with E-state index in [1.165, 1.54) is 22.6 Å². The molecule has 2 bridgehead atoms. The second kappa shape index (κ2) is 11.4. The fourth-order valence-electron chi connectivity index (χ4n) is 5.57. The van der Waals surface area contributed by atoms with Gasteiger partial charge in [-0.15, -0.1) is 0 Å². The molecule has 0 spiro atoms. The number of aromatic nitrogens is 8. The van der Waals surface area contributed by atoms with E-state index < -0.39 is 83.5 Å². The second-order valence-electron chi connectivity index (χ2n) is 10.3. The number of nitrogens with one attached hydrogen (secondary N) is 1. The highest BCUT2D eigenvalue weighted by atomic mass is 31.2. The van der Waals surface area contributed by atoms with Gasteiger partial charge in [0, 0.05) is 7.11 Å². The van der Waals surface area contributed by atoms with E-state index in [4.69, 9.17) is 43.8 Å². The molecule has 0 radical (unpaired) electrons. The predicted octanol–water partition coefficient (Wildman–Crippen LogP) is -1.69. The molecule has 3 aliphatic rings. The summed E-state index contributed by atoms with van der Waals surface area (Å²) in [5.74, 6) is -0.204. The third-order valence-electron chi connectivity index (χ3n) is 7.57. The molecule has 3 fully saturated rings. The Kier molecular flexibility index (Phi) is 7.70. The first-order valence-corrected chi connectivity index (χ1v) is 16.3. The van der Waals surface area contributed by atoms with Crippen molar-refractivity contribution < 1.29 is 56.3 Å². The van der Waals surface area contributed by atoms with Crippen LogP contribution in [0.25, 0.3) is 22.3 Å². The number of phosphoric ester groups is 2. The Balaban J connectivity index is 1.22. The van der Waals surface area contributed by atoms with E-state index in [0.29, 0.717) is 0 Å². The Morgan fingerprint density at radius 1 is 0.913 bits per heavy atom. The number of nitrogens with two attached hydrogens (primary N) is 2. The maximum Gasteiger partial charge on any atom is 0.472 e. The monoisotopic (exact) mass is 688 g/mol. The highest BCUT2D eigenvalue weighted by Gasteiger charge is 2.54. The average molecular weight is 688 g/mol. The van der Waals surface area contributed by atoms with Crippen LogP contribution in [-0.4, -0.2) is 111 Å². The second-order valence-corrected chi connectivity index (χ2v) is 13.2. The van der Waals surface area contributed by atoms with Crippen molar-refractivity contribution in [2.45, 2.75) is 49.1 Å². The number of methoxy groups -OCH3 is 1. The van der Waals surface area contributed by atoms with Crippen molar-refractivity contribution in [3.8, 4) is 0 Å². The third-order valence-corrected chi connectivity index (χ3v) is 9.54. The molecule has 4 aromatic rings. The molecule has 0 aromatic carbocycles. The molecule has 3 saturated heterocycles. The van der Waals surface area contributed by atoms with Crippen LogP contribution in [0.2, 0.25) is 0 Å². The number of fused-ring (bicyclic) bond motifs is 5. The number of rotatable bonds is 3. The van der Waals surface area contributed by atoms with Crippen LogP contribution in [0.3, 0.4) is 0 Å². The molecule has 0 amide bonds. The number of nitrogens with zero attached hydrogens (tertiary/aromatic N) is 7. The highest BCUT2D eigenvalue weighted by Crippen LogP contribution is 2.54. The Morgan fingerprint density at radius 3 is 2.26 bits per heavy atom. The minimum Gasteiger partial charge on any atom is -0.386 e. The molecule has 0 aliphatic carbocycles. The van der Waals surface area contributed by atoms with Gasteiger partial charge in [-0.3, -0.25) is 37.0 Å². The number of aliphatic hydroxyl groups is 1. The number of imidazole rings is 2. The normalized spacial score (nSPS) is 37.1. The lowest BCUT2D eigenvalue weighted by atomic mass is 10.1. The van der Waals surface area contributed by atoms with Crippen molar-refractivity contribution in [3.05, 3.63) is 29.3 Å². The Bertz CT molecular complexity index is 1950. The fraction of sp³-hybridized carbons (Fsp3) is 0.524. The Labute approximate surface area is 255 Å². The number of anilines is 2. The first-order chi connectivity index (χ1) is 21.9. The summed E-state index contributed by atoms with van der Waals surface area (Å²) in [7, 11) is -8.83. The van der Waals surface area contributed by atoms with E-state index in [0.717, 1.165) is 12.7 Å². The summed E-state index contributed by atoms with van der Waals surface area (Å²) in [5.41, 5.74) is 11.0. The Morgan fingerprint density at radius 2 is 1.54 bits per heavy atom. The first kappa shape index (κ1) is 31.2. The van der Waals surface area contributed by atoms with Crippen molar-refractivity contribution in [2.24, 2.45) is 0 Å². The van der Waals surface area contributed by atoms with Gasteiger partial charge in [-0.25, -0.2) is 29.1 Å². The maximum atomic E-state index is 13.4. The smallest absolute Gasteiger partial charge is 0.386 e. The van der Waals surface area contributed by atoms with Gasteiger partial charge >= 0.3 is 15.6 Å². The zero-order valence-corrected chi connectivity index (χ0v) is 25.2. The van der Waals surface area contributed by atoms with E-state index in [1.54, 1.807) is 0 Å². The van der Waals surface area contributed by atoms with Crippen LogP contribution in [0.1, 0.15) is 12.5 Å². The van der Waals surface area contributed by atoms with Crippen LogP contribution in [0.5, 0.6) is 0 Å². The van der Waals surface area contributed by atoms with Gasteiger partial charge in [-0.05, 0) is 0 Å². The van der Waals surface area contributed by atoms with Crippen LogP contribution in [0.4, 0.5) is 11.8 Å². The summed E-state index contributed by atoms with van der Waals surface area (Å²) in [6.45, 7) is -1.47. The first-order valence-electron chi connectivity index (χ1n) is 13.3. The van der Waals surface area contributed by atoms with Crippen molar-refractivity contribution >= 4 is 49.7 Å². The zero-order chi connectivity index (χ0) is 32.5. The van der Waals surface area contributed by atoms with Crippen LogP contribution in [0.15, 0.2) is 23.8 Å². The molecule has 4 aromatic heterocycles. The number of aromatic amines is 1. The SMILES string of the molecule is COC1[C@H]2COP(=O)(O)O[C@@H]3C(O)[C@H](n4cnc5c(N)ncnc54)O[C@@H]3COP(=O)(O)O[C@@H]1[C@H](n1cnc3c(=O)[nH]c(N)nc31)O2. The van der Waals surface area contributed by atoms with Gasteiger partial charge in [0.2, 0.25) is 5.95 Å². The van der Waals surface area contributed by atoms with Gasteiger partial charge in [-0.2, -0.15) is 4.98 Å². The molecular formula is C21H26N10O13P2.